The molecule has 0 spiro atoms. The molecule has 0 saturated carbocycles. The average Bonchev–Trinajstić information content (AvgIpc) is 3.05. The van der Waals surface area contributed by atoms with Crippen molar-refractivity contribution in [2.45, 2.75) is 31.4 Å². The van der Waals surface area contributed by atoms with Crippen molar-refractivity contribution in [2.24, 2.45) is 0 Å². The van der Waals surface area contributed by atoms with Crippen molar-refractivity contribution in [3.05, 3.63) is 53.1 Å². The van der Waals surface area contributed by atoms with Gasteiger partial charge in [0.05, 0.1) is 24.7 Å². The zero-order chi connectivity index (χ0) is 15.5. The molecular formula is C16H18ClN3O2. The summed E-state index contributed by atoms with van der Waals surface area (Å²) >= 11 is 5.90. The minimum absolute atomic E-state index is 0.116. The molecule has 2 atom stereocenters. The number of nitrogens with zero attached hydrogens (tertiary/aromatic N) is 2. The standard InChI is InChI=1S/C16H18ClN3O2/c17-12-5-3-11(4-6-12)8-14-15(21)2-1-7-20(14)16(22)13-9-18-10-19-13/h3-6,9-10,14-15,21H,1-2,7-8H2,(H,18,19)/t14-,15-/m0/s1. The number of rotatable bonds is 3. The molecule has 116 valence electrons. The molecule has 0 bridgehead atoms. The molecule has 2 N–H and O–H groups in total. The molecule has 2 heterocycles. The first-order valence-corrected chi connectivity index (χ1v) is 7.75. The third-order valence-corrected chi connectivity index (χ3v) is 4.34. The molecule has 22 heavy (non-hydrogen) atoms. The van der Waals surface area contributed by atoms with Crippen LogP contribution in [-0.2, 0) is 6.42 Å². The molecule has 5 nitrogen and oxygen atoms in total. The third kappa shape index (κ3) is 3.15. The molecule has 1 fully saturated rings. The van der Waals surface area contributed by atoms with E-state index in [4.69, 9.17) is 11.6 Å². The van der Waals surface area contributed by atoms with Gasteiger partial charge in [0.25, 0.3) is 5.91 Å². The van der Waals surface area contributed by atoms with Crippen LogP contribution in [0.2, 0.25) is 5.02 Å². The van der Waals surface area contributed by atoms with Crippen LogP contribution >= 0.6 is 11.6 Å². The number of H-pyrrole nitrogens is 1. The van der Waals surface area contributed by atoms with Crippen molar-refractivity contribution in [2.75, 3.05) is 6.54 Å². The molecule has 6 heteroatoms. The van der Waals surface area contributed by atoms with E-state index >= 15 is 0 Å². The maximum absolute atomic E-state index is 12.6. The number of imidazole rings is 1. The summed E-state index contributed by atoms with van der Waals surface area (Å²) < 4.78 is 0. The summed E-state index contributed by atoms with van der Waals surface area (Å²) in [7, 11) is 0. The molecule has 0 unspecified atom stereocenters. The summed E-state index contributed by atoms with van der Waals surface area (Å²) in [5.74, 6) is -0.116. The maximum atomic E-state index is 12.6. The number of carbonyl (C=O) groups is 1. The second-order valence-electron chi connectivity index (χ2n) is 5.57. The Morgan fingerprint density at radius 2 is 2.18 bits per heavy atom. The number of aromatic nitrogens is 2. The Kier molecular flexibility index (Phi) is 4.45. The van der Waals surface area contributed by atoms with E-state index in [9.17, 15) is 9.90 Å². The fraction of sp³-hybridized carbons (Fsp3) is 0.375. The second-order valence-corrected chi connectivity index (χ2v) is 6.01. The lowest BCUT2D eigenvalue weighted by atomic mass is 9.92. The monoisotopic (exact) mass is 319 g/mol. The van der Waals surface area contributed by atoms with Gasteiger partial charge in [-0.05, 0) is 37.0 Å². The molecule has 1 aromatic heterocycles. The number of aromatic amines is 1. The van der Waals surface area contributed by atoms with E-state index in [0.717, 1.165) is 12.0 Å². The highest BCUT2D eigenvalue weighted by Gasteiger charge is 2.34. The van der Waals surface area contributed by atoms with Crippen LogP contribution in [0.25, 0.3) is 0 Å². The topological polar surface area (TPSA) is 69.2 Å². The zero-order valence-corrected chi connectivity index (χ0v) is 12.8. The van der Waals surface area contributed by atoms with Gasteiger partial charge in [0.15, 0.2) is 0 Å². The molecule has 1 aliphatic heterocycles. The summed E-state index contributed by atoms with van der Waals surface area (Å²) in [6.07, 6.45) is 4.61. The lowest BCUT2D eigenvalue weighted by Gasteiger charge is -2.39. The predicted molar refractivity (Wildman–Crippen MR) is 83.8 cm³/mol. The first-order chi connectivity index (χ1) is 10.6. The predicted octanol–water partition coefficient (Wildman–Crippen LogP) is 2.27. The van der Waals surface area contributed by atoms with Gasteiger partial charge in [0, 0.05) is 11.6 Å². The van der Waals surface area contributed by atoms with Crippen LogP contribution in [0.3, 0.4) is 0 Å². The Hall–Kier alpha value is -1.85. The van der Waals surface area contributed by atoms with Gasteiger partial charge in [-0.3, -0.25) is 4.79 Å². The molecule has 1 aliphatic rings. The van der Waals surface area contributed by atoms with Crippen molar-refractivity contribution in [3.63, 3.8) is 0 Å². The third-order valence-electron chi connectivity index (χ3n) is 4.09. The van der Waals surface area contributed by atoms with E-state index in [0.29, 0.717) is 30.1 Å². The molecule has 2 aromatic rings. The first kappa shape index (κ1) is 15.1. The van der Waals surface area contributed by atoms with E-state index in [1.165, 1.54) is 12.5 Å². The van der Waals surface area contributed by atoms with Crippen LogP contribution in [0.5, 0.6) is 0 Å². The largest absolute Gasteiger partial charge is 0.391 e. The highest BCUT2D eigenvalue weighted by molar-refractivity contribution is 6.30. The van der Waals surface area contributed by atoms with Gasteiger partial charge in [-0.25, -0.2) is 4.98 Å². The lowest BCUT2D eigenvalue weighted by molar-refractivity contribution is 0.0115. The van der Waals surface area contributed by atoms with Gasteiger partial charge in [-0.15, -0.1) is 0 Å². The van der Waals surface area contributed by atoms with E-state index in [1.54, 1.807) is 4.90 Å². The minimum atomic E-state index is -0.517. The fourth-order valence-electron chi connectivity index (χ4n) is 2.92. The maximum Gasteiger partial charge on any atom is 0.272 e. The average molecular weight is 320 g/mol. The number of halogens is 1. The number of piperidine rings is 1. The Morgan fingerprint density at radius 3 is 2.86 bits per heavy atom. The van der Waals surface area contributed by atoms with Crippen molar-refractivity contribution >= 4 is 17.5 Å². The summed E-state index contributed by atoms with van der Waals surface area (Å²) in [4.78, 5) is 21.1. The van der Waals surface area contributed by atoms with Crippen LogP contribution < -0.4 is 0 Å². The molecule has 1 saturated heterocycles. The van der Waals surface area contributed by atoms with Crippen molar-refractivity contribution in [1.29, 1.82) is 0 Å². The van der Waals surface area contributed by atoms with E-state index in [2.05, 4.69) is 9.97 Å². The van der Waals surface area contributed by atoms with E-state index in [1.807, 2.05) is 24.3 Å². The molecule has 1 aromatic carbocycles. The summed E-state index contributed by atoms with van der Waals surface area (Å²) in [6, 6.07) is 7.29. The number of hydrogen-bond donors (Lipinski definition) is 2. The van der Waals surface area contributed by atoms with E-state index in [-0.39, 0.29) is 11.9 Å². The Labute approximate surface area is 133 Å². The minimum Gasteiger partial charge on any atom is -0.391 e. The van der Waals surface area contributed by atoms with Gasteiger partial charge in [-0.2, -0.15) is 0 Å². The summed E-state index contributed by atoms with van der Waals surface area (Å²) in [6.45, 7) is 0.646. The Morgan fingerprint density at radius 1 is 1.41 bits per heavy atom. The van der Waals surface area contributed by atoms with Crippen LogP contribution in [0.15, 0.2) is 36.8 Å². The van der Waals surface area contributed by atoms with Gasteiger partial charge in [0.1, 0.15) is 5.69 Å². The van der Waals surface area contributed by atoms with Gasteiger partial charge in [-0.1, -0.05) is 23.7 Å². The highest BCUT2D eigenvalue weighted by atomic mass is 35.5. The SMILES string of the molecule is O=C(c1cnc[nH]1)N1CCC[C@H](O)[C@@H]1Cc1ccc(Cl)cc1. The molecule has 1 amide bonds. The smallest absolute Gasteiger partial charge is 0.272 e. The van der Waals surface area contributed by atoms with Crippen LogP contribution in [0.4, 0.5) is 0 Å². The number of benzene rings is 1. The lowest BCUT2D eigenvalue weighted by Crippen LogP contribution is -2.52. The Balaban J connectivity index is 1.81. The summed E-state index contributed by atoms with van der Waals surface area (Å²) in [5, 5.41) is 11.0. The number of likely N-dealkylation sites (tertiary alicyclic amines) is 1. The van der Waals surface area contributed by atoms with Crippen LogP contribution in [-0.4, -0.2) is 44.6 Å². The van der Waals surface area contributed by atoms with Gasteiger partial charge in [0.2, 0.25) is 0 Å². The van der Waals surface area contributed by atoms with Gasteiger partial charge >= 0.3 is 0 Å². The molecular weight excluding hydrogens is 302 g/mol. The van der Waals surface area contributed by atoms with E-state index < -0.39 is 6.10 Å². The van der Waals surface area contributed by atoms with Crippen molar-refractivity contribution < 1.29 is 9.90 Å². The second kappa shape index (κ2) is 6.50. The number of carbonyl (C=O) groups excluding carboxylic acids is 1. The Bertz CT molecular complexity index is 627. The highest BCUT2D eigenvalue weighted by Crippen LogP contribution is 2.23. The quantitative estimate of drug-likeness (QED) is 0.912. The first-order valence-electron chi connectivity index (χ1n) is 7.37. The van der Waals surface area contributed by atoms with Crippen LogP contribution in [0, 0.1) is 0 Å². The molecule has 3 rings (SSSR count). The fourth-order valence-corrected chi connectivity index (χ4v) is 3.05. The molecule has 0 radical (unpaired) electrons. The number of hydrogen-bond acceptors (Lipinski definition) is 3. The zero-order valence-electron chi connectivity index (χ0n) is 12.1. The number of aliphatic hydroxyl groups excluding tert-OH is 1. The van der Waals surface area contributed by atoms with Gasteiger partial charge < -0.3 is 15.0 Å². The summed E-state index contributed by atoms with van der Waals surface area (Å²) in [5.41, 5.74) is 1.51. The normalized spacial score (nSPS) is 21.8. The van der Waals surface area contributed by atoms with Crippen molar-refractivity contribution in [1.82, 2.24) is 14.9 Å². The molecule has 0 aliphatic carbocycles. The van der Waals surface area contributed by atoms with Crippen LogP contribution in [0.1, 0.15) is 28.9 Å². The number of amides is 1. The van der Waals surface area contributed by atoms with Crippen molar-refractivity contribution in [3.8, 4) is 0 Å². The number of nitrogens with one attached hydrogen (secondary N) is 1. The number of aliphatic hydroxyl groups is 1.